The summed E-state index contributed by atoms with van der Waals surface area (Å²) in [4.78, 5) is 14.9. The second-order valence-electron chi connectivity index (χ2n) is 3.23. The van der Waals surface area contributed by atoms with Crippen molar-refractivity contribution in [1.82, 2.24) is 10.3 Å². The molecular weight excluding hydrogens is 301 g/mol. The van der Waals surface area contributed by atoms with E-state index < -0.39 is 17.6 Å². The third-order valence-corrected chi connectivity index (χ3v) is 2.48. The van der Waals surface area contributed by atoms with Crippen molar-refractivity contribution >= 4 is 21.8 Å². The molecule has 1 aromatic heterocycles. The highest BCUT2D eigenvalue weighted by atomic mass is 79.9. The van der Waals surface area contributed by atoms with E-state index in [1.165, 1.54) is 0 Å². The van der Waals surface area contributed by atoms with Gasteiger partial charge in [0.15, 0.2) is 0 Å². The average molecular weight is 311 g/mol. The van der Waals surface area contributed by atoms with E-state index in [1.807, 2.05) is 0 Å². The quantitative estimate of drug-likeness (QED) is 0.686. The maximum atomic E-state index is 12.2. The number of pyridine rings is 1. The minimum Gasteiger partial charge on any atom is -0.351 e. The Morgan fingerprint density at radius 1 is 1.41 bits per heavy atom. The van der Waals surface area contributed by atoms with Gasteiger partial charge in [-0.15, -0.1) is 0 Å². The Morgan fingerprint density at radius 2 is 2.12 bits per heavy atom. The highest BCUT2D eigenvalue weighted by Gasteiger charge is 2.30. The number of carbonyl (C=O) groups is 1. The summed E-state index contributed by atoms with van der Waals surface area (Å²) >= 11 is 3.20. The van der Waals surface area contributed by atoms with Gasteiger partial charge in [0.1, 0.15) is 5.69 Å². The molecule has 3 nitrogen and oxygen atoms in total. The van der Waals surface area contributed by atoms with Gasteiger partial charge in [0.25, 0.3) is 5.91 Å². The van der Waals surface area contributed by atoms with Crippen LogP contribution in [0.15, 0.2) is 18.3 Å². The van der Waals surface area contributed by atoms with Crippen LogP contribution in [0, 0.1) is 0 Å². The van der Waals surface area contributed by atoms with Gasteiger partial charge in [0.2, 0.25) is 0 Å². The zero-order valence-corrected chi connectivity index (χ0v) is 10.3. The van der Waals surface area contributed by atoms with Crippen molar-refractivity contribution in [2.45, 2.75) is 12.6 Å². The van der Waals surface area contributed by atoms with Gasteiger partial charge >= 0.3 is 6.18 Å². The summed E-state index contributed by atoms with van der Waals surface area (Å²) in [7, 11) is 0. The van der Waals surface area contributed by atoms with E-state index in [0.29, 0.717) is 12.7 Å². The van der Waals surface area contributed by atoms with Crippen molar-refractivity contribution in [3.05, 3.63) is 29.6 Å². The van der Waals surface area contributed by atoms with E-state index in [2.05, 4.69) is 26.2 Å². The number of nitrogens with zero attached hydrogens (tertiary/aromatic N) is 1. The molecule has 1 N–H and O–H groups in total. The summed E-state index contributed by atoms with van der Waals surface area (Å²) in [5.74, 6) is -0.473. The number of hydrogen-bond donors (Lipinski definition) is 1. The third-order valence-electron chi connectivity index (χ3n) is 1.92. The number of hydrogen-bond acceptors (Lipinski definition) is 2. The fraction of sp³-hybridized carbons (Fsp3) is 0.400. The van der Waals surface area contributed by atoms with E-state index in [4.69, 9.17) is 0 Å². The Balaban J connectivity index is 2.64. The average Bonchev–Trinajstić information content (AvgIpc) is 2.28. The summed E-state index contributed by atoms with van der Waals surface area (Å²) in [6.07, 6.45) is -3.04. The van der Waals surface area contributed by atoms with Crippen molar-refractivity contribution in [2.24, 2.45) is 0 Å². The molecule has 0 bridgehead atoms. The predicted molar refractivity (Wildman–Crippen MR) is 60.0 cm³/mol. The maximum Gasteiger partial charge on any atom is 0.417 e. The molecule has 0 aliphatic carbocycles. The summed E-state index contributed by atoms with van der Waals surface area (Å²) < 4.78 is 36.7. The molecule has 1 aromatic rings. The van der Waals surface area contributed by atoms with Gasteiger partial charge in [-0.3, -0.25) is 9.78 Å². The SMILES string of the molecule is O=C(NCCCBr)c1ccc(C(F)(F)F)cn1. The Kier molecular flexibility index (Phi) is 4.92. The smallest absolute Gasteiger partial charge is 0.351 e. The molecule has 1 amide bonds. The molecule has 0 saturated carbocycles. The first-order chi connectivity index (χ1) is 7.95. The van der Waals surface area contributed by atoms with Crippen molar-refractivity contribution in [1.29, 1.82) is 0 Å². The monoisotopic (exact) mass is 310 g/mol. The minimum atomic E-state index is -4.43. The maximum absolute atomic E-state index is 12.2. The van der Waals surface area contributed by atoms with Gasteiger partial charge in [-0.05, 0) is 18.6 Å². The molecule has 0 fully saturated rings. The standard InChI is InChI=1S/C10H10BrF3N2O/c11-4-1-5-15-9(17)8-3-2-7(6-16-8)10(12,13)14/h2-3,6H,1,4-5H2,(H,15,17). The summed E-state index contributed by atoms with van der Waals surface area (Å²) in [5.41, 5.74) is -0.887. The molecule has 1 heterocycles. The lowest BCUT2D eigenvalue weighted by Crippen LogP contribution is -2.25. The third kappa shape index (κ3) is 4.33. The van der Waals surface area contributed by atoms with Gasteiger partial charge in [-0.2, -0.15) is 13.2 Å². The van der Waals surface area contributed by atoms with Crippen molar-refractivity contribution in [3.8, 4) is 0 Å². The Morgan fingerprint density at radius 3 is 2.59 bits per heavy atom. The minimum absolute atomic E-state index is 0.0208. The zero-order chi connectivity index (χ0) is 12.9. The van der Waals surface area contributed by atoms with Crippen LogP contribution in [-0.2, 0) is 6.18 Å². The molecule has 0 aromatic carbocycles. The van der Waals surface area contributed by atoms with Crippen molar-refractivity contribution in [2.75, 3.05) is 11.9 Å². The summed E-state index contributed by atoms with van der Waals surface area (Å²) in [6, 6.07) is 1.90. The van der Waals surface area contributed by atoms with E-state index in [9.17, 15) is 18.0 Å². The largest absolute Gasteiger partial charge is 0.417 e. The number of rotatable bonds is 4. The molecule has 0 aliphatic heterocycles. The molecule has 7 heteroatoms. The molecule has 0 radical (unpaired) electrons. The van der Waals surface area contributed by atoms with E-state index in [1.54, 1.807) is 0 Å². The molecule has 17 heavy (non-hydrogen) atoms. The summed E-state index contributed by atoms with van der Waals surface area (Å²) in [6.45, 7) is 0.451. The van der Waals surface area contributed by atoms with Crippen LogP contribution in [0.2, 0.25) is 0 Å². The van der Waals surface area contributed by atoms with Crippen LogP contribution in [0.4, 0.5) is 13.2 Å². The Hall–Kier alpha value is -1.11. The number of amides is 1. The first kappa shape index (κ1) is 14.0. The van der Waals surface area contributed by atoms with Crippen LogP contribution in [0.25, 0.3) is 0 Å². The predicted octanol–water partition coefficient (Wildman–Crippen LogP) is 2.62. The van der Waals surface area contributed by atoms with Gasteiger partial charge in [-0.25, -0.2) is 0 Å². The summed E-state index contributed by atoms with van der Waals surface area (Å²) in [5, 5.41) is 3.29. The number of alkyl halides is 4. The van der Waals surface area contributed by atoms with Crippen LogP contribution >= 0.6 is 15.9 Å². The second-order valence-corrected chi connectivity index (χ2v) is 4.02. The molecule has 0 saturated heterocycles. The van der Waals surface area contributed by atoms with Gasteiger partial charge < -0.3 is 5.32 Å². The molecule has 0 unspecified atom stereocenters. The molecule has 94 valence electrons. The first-order valence-corrected chi connectivity index (χ1v) is 5.94. The lowest BCUT2D eigenvalue weighted by atomic mass is 10.2. The Labute approximate surface area is 105 Å². The molecule has 0 atom stereocenters. The first-order valence-electron chi connectivity index (χ1n) is 4.82. The molecule has 0 spiro atoms. The highest BCUT2D eigenvalue weighted by Crippen LogP contribution is 2.28. The lowest BCUT2D eigenvalue weighted by molar-refractivity contribution is -0.137. The molecule has 0 aliphatic rings. The van der Waals surface area contributed by atoms with Crippen LogP contribution in [0.1, 0.15) is 22.5 Å². The van der Waals surface area contributed by atoms with E-state index >= 15 is 0 Å². The molecular formula is C10H10BrF3N2O. The zero-order valence-electron chi connectivity index (χ0n) is 8.72. The van der Waals surface area contributed by atoms with E-state index in [-0.39, 0.29) is 5.69 Å². The van der Waals surface area contributed by atoms with Crippen LogP contribution in [-0.4, -0.2) is 22.8 Å². The number of halogens is 4. The number of carbonyl (C=O) groups excluding carboxylic acids is 1. The van der Waals surface area contributed by atoms with Gasteiger partial charge in [-0.1, -0.05) is 15.9 Å². The fourth-order valence-electron chi connectivity index (χ4n) is 1.06. The van der Waals surface area contributed by atoms with Crippen molar-refractivity contribution in [3.63, 3.8) is 0 Å². The number of nitrogens with one attached hydrogen (secondary N) is 1. The van der Waals surface area contributed by atoms with E-state index in [0.717, 1.165) is 23.9 Å². The number of aromatic nitrogens is 1. The van der Waals surface area contributed by atoms with Crippen LogP contribution in [0.5, 0.6) is 0 Å². The van der Waals surface area contributed by atoms with Crippen LogP contribution in [0.3, 0.4) is 0 Å². The van der Waals surface area contributed by atoms with Crippen molar-refractivity contribution < 1.29 is 18.0 Å². The lowest BCUT2D eigenvalue weighted by Gasteiger charge is -2.07. The van der Waals surface area contributed by atoms with Gasteiger partial charge in [0, 0.05) is 18.1 Å². The highest BCUT2D eigenvalue weighted by molar-refractivity contribution is 9.09. The Bertz CT molecular complexity index is 378. The molecule has 1 rings (SSSR count). The fourth-order valence-corrected chi connectivity index (χ4v) is 1.34. The second kappa shape index (κ2) is 6.00. The topological polar surface area (TPSA) is 42.0 Å². The van der Waals surface area contributed by atoms with Crippen LogP contribution < -0.4 is 5.32 Å². The normalized spacial score (nSPS) is 11.3. The van der Waals surface area contributed by atoms with Gasteiger partial charge in [0.05, 0.1) is 5.56 Å².